The predicted octanol–water partition coefficient (Wildman–Crippen LogP) is 4.04. The Labute approximate surface area is 203 Å². The molecule has 2 aromatic heterocycles. The second-order valence-electron chi connectivity index (χ2n) is 8.72. The number of hydrogen-bond acceptors (Lipinski definition) is 8. The number of rotatable bonds is 8. The molecule has 2 aliphatic rings. The first kappa shape index (κ1) is 22.7. The number of piperazine rings is 1. The fourth-order valence-electron chi connectivity index (χ4n) is 4.03. The zero-order valence-corrected chi connectivity index (χ0v) is 20.4. The smallest absolute Gasteiger partial charge is 0.224 e. The maximum atomic E-state index is 11.6. The van der Waals surface area contributed by atoms with E-state index in [0.29, 0.717) is 11.6 Å². The maximum Gasteiger partial charge on any atom is 0.224 e. The van der Waals surface area contributed by atoms with Gasteiger partial charge >= 0.3 is 0 Å². The van der Waals surface area contributed by atoms with Crippen molar-refractivity contribution in [1.29, 1.82) is 0 Å². The average Bonchev–Trinajstić information content (AvgIpc) is 3.62. The molecule has 3 N–H and O–H groups in total. The molecule has 0 atom stereocenters. The topological polar surface area (TPSA) is 102 Å². The van der Waals surface area contributed by atoms with E-state index in [1.165, 1.54) is 24.6 Å². The molecule has 1 saturated carbocycles. The SMILES string of the molecule is CCC(=O)Nc1ccc(Sc2nc(Nc3cc(C)n[nH]3)cc(N3CCN(C4CC4)CC3)n2)cc1. The average molecular weight is 479 g/mol. The summed E-state index contributed by atoms with van der Waals surface area (Å²) in [7, 11) is 0. The highest BCUT2D eigenvalue weighted by molar-refractivity contribution is 7.99. The summed E-state index contributed by atoms with van der Waals surface area (Å²) in [5.74, 6) is 2.46. The van der Waals surface area contributed by atoms with Crippen molar-refractivity contribution < 1.29 is 4.79 Å². The first-order valence-corrected chi connectivity index (χ1v) is 12.6. The monoisotopic (exact) mass is 478 g/mol. The second-order valence-corrected chi connectivity index (χ2v) is 9.76. The number of anilines is 4. The van der Waals surface area contributed by atoms with E-state index < -0.39 is 0 Å². The molecule has 0 spiro atoms. The standard InChI is InChI=1S/C24H30N8OS/c1-3-23(33)25-17-4-8-19(9-5-17)34-24-27-20(26-21-14-16(2)29-30-21)15-22(28-24)32-12-10-31(11-13-32)18-6-7-18/h4-5,8-9,14-15,18H,3,6-7,10-13H2,1-2H3,(H,25,33)(H2,26,27,28,29,30). The van der Waals surface area contributed by atoms with Gasteiger partial charge in [0.1, 0.15) is 17.5 Å². The Morgan fingerprint density at radius 1 is 1.12 bits per heavy atom. The molecule has 10 heteroatoms. The number of aromatic amines is 1. The Morgan fingerprint density at radius 2 is 1.88 bits per heavy atom. The first-order valence-electron chi connectivity index (χ1n) is 11.8. The van der Waals surface area contributed by atoms with Crippen molar-refractivity contribution in [2.75, 3.05) is 41.7 Å². The van der Waals surface area contributed by atoms with Crippen molar-refractivity contribution in [3.8, 4) is 0 Å². The summed E-state index contributed by atoms with van der Waals surface area (Å²) in [5, 5.41) is 14.1. The number of nitrogens with zero attached hydrogens (tertiary/aromatic N) is 5. The Morgan fingerprint density at radius 3 is 2.53 bits per heavy atom. The molecule has 9 nitrogen and oxygen atoms in total. The van der Waals surface area contributed by atoms with Crippen LogP contribution in [0.3, 0.4) is 0 Å². The molecule has 0 radical (unpaired) electrons. The van der Waals surface area contributed by atoms with Crippen molar-refractivity contribution >= 4 is 40.8 Å². The van der Waals surface area contributed by atoms with E-state index in [-0.39, 0.29) is 5.91 Å². The quantitative estimate of drug-likeness (QED) is 0.417. The number of carbonyl (C=O) groups excluding carboxylic acids is 1. The van der Waals surface area contributed by atoms with Gasteiger partial charge in [-0.05, 0) is 55.8 Å². The van der Waals surface area contributed by atoms with Crippen LogP contribution in [-0.4, -0.2) is 63.2 Å². The van der Waals surface area contributed by atoms with E-state index in [2.05, 4.69) is 30.6 Å². The minimum Gasteiger partial charge on any atom is -0.354 e. The summed E-state index contributed by atoms with van der Waals surface area (Å²) < 4.78 is 0. The molecule has 1 aliphatic carbocycles. The van der Waals surface area contributed by atoms with E-state index >= 15 is 0 Å². The second kappa shape index (κ2) is 10.0. The van der Waals surface area contributed by atoms with Gasteiger partial charge < -0.3 is 15.5 Å². The zero-order valence-electron chi connectivity index (χ0n) is 19.5. The van der Waals surface area contributed by atoms with Gasteiger partial charge in [-0.2, -0.15) is 5.10 Å². The van der Waals surface area contributed by atoms with Gasteiger partial charge in [-0.1, -0.05) is 6.92 Å². The normalized spacial score (nSPS) is 16.5. The van der Waals surface area contributed by atoms with Crippen molar-refractivity contribution in [2.24, 2.45) is 0 Å². The molecular weight excluding hydrogens is 448 g/mol. The number of benzene rings is 1. The van der Waals surface area contributed by atoms with Gasteiger partial charge in [-0.15, -0.1) is 0 Å². The van der Waals surface area contributed by atoms with Crippen LogP contribution in [0.15, 0.2) is 46.5 Å². The van der Waals surface area contributed by atoms with Gasteiger partial charge in [0, 0.05) is 61.4 Å². The predicted molar refractivity (Wildman–Crippen MR) is 135 cm³/mol. The van der Waals surface area contributed by atoms with Crippen LogP contribution in [0.2, 0.25) is 0 Å². The van der Waals surface area contributed by atoms with Crippen LogP contribution in [0, 0.1) is 6.92 Å². The van der Waals surface area contributed by atoms with Crippen LogP contribution in [0.25, 0.3) is 0 Å². The summed E-state index contributed by atoms with van der Waals surface area (Å²) in [5.41, 5.74) is 1.70. The highest BCUT2D eigenvalue weighted by atomic mass is 32.2. The molecule has 3 heterocycles. The summed E-state index contributed by atoms with van der Waals surface area (Å²) in [4.78, 5) is 27.2. The summed E-state index contributed by atoms with van der Waals surface area (Å²) in [6, 6.07) is 12.5. The lowest BCUT2D eigenvalue weighted by molar-refractivity contribution is -0.115. The number of aromatic nitrogens is 4. The molecule has 3 aromatic rings. The zero-order chi connectivity index (χ0) is 23.5. The maximum absolute atomic E-state index is 11.6. The van der Waals surface area contributed by atoms with Crippen LogP contribution in [0.4, 0.5) is 23.1 Å². The third kappa shape index (κ3) is 5.68. The van der Waals surface area contributed by atoms with Gasteiger partial charge in [-0.3, -0.25) is 14.8 Å². The van der Waals surface area contributed by atoms with Crippen LogP contribution < -0.4 is 15.5 Å². The van der Waals surface area contributed by atoms with E-state index in [0.717, 1.165) is 66.0 Å². The molecule has 0 bridgehead atoms. The Balaban J connectivity index is 1.35. The first-order chi connectivity index (χ1) is 16.6. The van der Waals surface area contributed by atoms with Gasteiger partial charge in [0.25, 0.3) is 0 Å². The summed E-state index contributed by atoms with van der Waals surface area (Å²) >= 11 is 1.51. The van der Waals surface area contributed by atoms with Crippen LogP contribution in [0.1, 0.15) is 31.9 Å². The minimum absolute atomic E-state index is 0.00276. The number of nitrogens with one attached hydrogen (secondary N) is 3. The molecule has 1 aromatic carbocycles. The van der Waals surface area contributed by atoms with Gasteiger partial charge in [0.15, 0.2) is 5.16 Å². The number of carbonyl (C=O) groups is 1. The largest absolute Gasteiger partial charge is 0.354 e. The minimum atomic E-state index is 0.00276. The van der Waals surface area contributed by atoms with Crippen molar-refractivity contribution in [3.05, 3.63) is 42.1 Å². The lowest BCUT2D eigenvalue weighted by Crippen LogP contribution is -2.47. The summed E-state index contributed by atoms with van der Waals surface area (Å²) in [6.45, 7) is 7.86. The van der Waals surface area contributed by atoms with Crippen molar-refractivity contribution in [3.63, 3.8) is 0 Å². The lowest BCUT2D eigenvalue weighted by Gasteiger charge is -2.35. The third-order valence-corrected chi connectivity index (χ3v) is 6.90. The number of amides is 1. The van der Waals surface area contributed by atoms with Gasteiger partial charge in [0.2, 0.25) is 5.91 Å². The van der Waals surface area contributed by atoms with Gasteiger partial charge in [0.05, 0.1) is 5.69 Å². The van der Waals surface area contributed by atoms with E-state index in [9.17, 15) is 4.79 Å². The lowest BCUT2D eigenvalue weighted by atomic mass is 10.3. The molecular formula is C24H30N8OS. The number of aryl methyl sites for hydroxylation is 1. The molecule has 5 rings (SSSR count). The molecule has 1 aliphatic heterocycles. The van der Waals surface area contributed by atoms with Crippen LogP contribution in [-0.2, 0) is 4.79 Å². The van der Waals surface area contributed by atoms with Crippen LogP contribution in [0.5, 0.6) is 0 Å². The Kier molecular flexibility index (Phi) is 6.68. The van der Waals surface area contributed by atoms with Crippen molar-refractivity contribution in [2.45, 2.75) is 49.2 Å². The number of hydrogen-bond donors (Lipinski definition) is 3. The molecule has 178 valence electrons. The molecule has 2 fully saturated rings. The molecule has 1 saturated heterocycles. The molecule has 0 unspecified atom stereocenters. The van der Waals surface area contributed by atoms with E-state index in [4.69, 9.17) is 9.97 Å². The third-order valence-electron chi connectivity index (χ3n) is 6.03. The van der Waals surface area contributed by atoms with E-state index in [1.807, 2.05) is 50.2 Å². The van der Waals surface area contributed by atoms with Crippen LogP contribution >= 0.6 is 11.8 Å². The Bertz CT molecular complexity index is 1140. The Hall–Kier alpha value is -3.11. The fourth-order valence-corrected chi connectivity index (χ4v) is 4.79. The van der Waals surface area contributed by atoms with Crippen molar-refractivity contribution in [1.82, 2.24) is 25.1 Å². The highest BCUT2D eigenvalue weighted by Crippen LogP contribution is 2.31. The fraction of sp³-hybridized carbons (Fsp3) is 0.417. The van der Waals surface area contributed by atoms with E-state index in [1.54, 1.807) is 0 Å². The highest BCUT2D eigenvalue weighted by Gasteiger charge is 2.31. The molecule has 1 amide bonds. The van der Waals surface area contributed by atoms with Gasteiger partial charge in [-0.25, -0.2) is 9.97 Å². The summed E-state index contributed by atoms with van der Waals surface area (Å²) in [6.07, 6.45) is 3.14. The molecule has 34 heavy (non-hydrogen) atoms. The number of H-pyrrole nitrogens is 1.